The lowest BCUT2D eigenvalue weighted by Gasteiger charge is -2.29. The minimum atomic E-state index is -0.261. The topological polar surface area (TPSA) is 52.7 Å². The number of halogens is 1. The Balaban J connectivity index is 1.77. The molecule has 2 aromatic carbocycles. The Hall–Kier alpha value is -2.64. The molecule has 0 aliphatic carbocycles. The van der Waals surface area contributed by atoms with Gasteiger partial charge in [0.25, 0.3) is 0 Å². The van der Waals surface area contributed by atoms with E-state index in [1.807, 2.05) is 59.5 Å². The SMILES string of the molecule is CCC(C)CN(CC(=O)N(Cc1ccccc1)Cc1ccc(C)s1)C(=O)Nc1ccc(Br)cc1. The molecule has 1 aromatic heterocycles. The van der Waals surface area contributed by atoms with Crippen molar-refractivity contribution in [3.05, 3.63) is 86.5 Å². The van der Waals surface area contributed by atoms with E-state index < -0.39 is 0 Å². The van der Waals surface area contributed by atoms with Crippen LogP contribution in [0.2, 0.25) is 0 Å². The highest BCUT2D eigenvalue weighted by Crippen LogP contribution is 2.20. The summed E-state index contributed by atoms with van der Waals surface area (Å²) in [6.07, 6.45) is 0.929. The third-order valence-electron chi connectivity index (χ3n) is 5.65. The number of nitrogens with zero attached hydrogens (tertiary/aromatic N) is 2. The number of benzene rings is 2. The van der Waals surface area contributed by atoms with Gasteiger partial charge in [-0.2, -0.15) is 0 Å². The van der Waals surface area contributed by atoms with E-state index in [4.69, 9.17) is 0 Å². The number of aryl methyl sites for hydroxylation is 1. The average molecular weight is 543 g/mol. The van der Waals surface area contributed by atoms with E-state index in [0.717, 1.165) is 21.3 Å². The maximum absolute atomic E-state index is 13.5. The highest BCUT2D eigenvalue weighted by atomic mass is 79.9. The van der Waals surface area contributed by atoms with Crippen molar-refractivity contribution in [2.75, 3.05) is 18.4 Å². The van der Waals surface area contributed by atoms with Gasteiger partial charge in [0.2, 0.25) is 5.91 Å². The Morgan fingerprint density at radius 2 is 1.68 bits per heavy atom. The lowest BCUT2D eigenvalue weighted by molar-refractivity contribution is -0.133. The molecule has 1 atom stereocenters. The summed E-state index contributed by atoms with van der Waals surface area (Å²) in [6.45, 7) is 7.84. The van der Waals surface area contributed by atoms with Crippen molar-refractivity contribution in [1.29, 1.82) is 0 Å². The highest BCUT2D eigenvalue weighted by molar-refractivity contribution is 9.10. The van der Waals surface area contributed by atoms with E-state index in [1.165, 1.54) is 4.88 Å². The van der Waals surface area contributed by atoms with Crippen molar-refractivity contribution < 1.29 is 9.59 Å². The second-order valence-corrected chi connectivity index (χ2v) is 10.9. The van der Waals surface area contributed by atoms with E-state index in [1.54, 1.807) is 16.2 Å². The zero-order valence-electron chi connectivity index (χ0n) is 20.0. The molecule has 180 valence electrons. The van der Waals surface area contributed by atoms with Crippen molar-refractivity contribution in [3.8, 4) is 0 Å². The Morgan fingerprint density at radius 3 is 2.29 bits per heavy atom. The molecular formula is C27H32BrN3O2S. The summed E-state index contributed by atoms with van der Waals surface area (Å²) in [5.41, 5.74) is 1.77. The summed E-state index contributed by atoms with van der Waals surface area (Å²) in [4.78, 5) is 32.5. The van der Waals surface area contributed by atoms with Crippen molar-refractivity contribution in [1.82, 2.24) is 9.80 Å². The van der Waals surface area contributed by atoms with Gasteiger partial charge in [-0.15, -0.1) is 11.3 Å². The van der Waals surface area contributed by atoms with Crippen LogP contribution >= 0.6 is 27.3 Å². The number of carbonyl (C=O) groups is 2. The number of thiophene rings is 1. The Bertz CT molecular complexity index is 1070. The second kappa shape index (κ2) is 12.7. The van der Waals surface area contributed by atoms with Crippen LogP contribution in [0.1, 0.15) is 35.6 Å². The summed E-state index contributed by atoms with van der Waals surface area (Å²) in [6, 6.07) is 21.3. The first kappa shape index (κ1) is 26.0. The minimum absolute atomic E-state index is 0.0316. The third kappa shape index (κ3) is 7.99. The fraction of sp³-hybridized carbons (Fsp3) is 0.333. The fourth-order valence-corrected chi connectivity index (χ4v) is 4.69. The van der Waals surface area contributed by atoms with E-state index in [-0.39, 0.29) is 24.4 Å². The molecule has 1 unspecified atom stereocenters. The van der Waals surface area contributed by atoms with Gasteiger partial charge in [0.15, 0.2) is 0 Å². The molecule has 0 radical (unpaired) electrons. The predicted octanol–water partition coefficient (Wildman–Crippen LogP) is 6.93. The van der Waals surface area contributed by atoms with Crippen LogP contribution in [0.25, 0.3) is 0 Å². The summed E-state index contributed by atoms with van der Waals surface area (Å²) in [5.74, 6) is 0.218. The van der Waals surface area contributed by atoms with E-state index in [0.29, 0.717) is 25.3 Å². The van der Waals surface area contributed by atoms with Gasteiger partial charge in [0.05, 0.1) is 6.54 Å². The molecule has 5 nitrogen and oxygen atoms in total. The number of hydrogen-bond acceptors (Lipinski definition) is 3. The number of carbonyl (C=O) groups excluding carboxylic acids is 2. The van der Waals surface area contributed by atoms with Gasteiger partial charge in [-0.25, -0.2) is 4.79 Å². The number of amides is 3. The number of nitrogens with one attached hydrogen (secondary N) is 1. The van der Waals surface area contributed by atoms with Crippen LogP contribution in [0, 0.1) is 12.8 Å². The first-order chi connectivity index (χ1) is 16.3. The van der Waals surface area contributed by atoms with Gasteiger partial charge >= 0.3 is 6.03 Å². The molecule has 3 rings (SSSR count). The monoisotopic (exact) mass is 541 g/mol. The van der Waals surface area contributed by atoms with Gasteiger partial charge in [0.1, 0.15) is 6.54 Å². The first-order valence-electron chi connectivity index (χ1n) is 11.5. The van der Waals surface area contributed by atoms with Crippen molar-refractivity contribution in [2.45, 2.75) is 40.3 Å². The molecule has 0 aliphatic rings. The van der Waals surface area contributed by atoms with E-state index in [2.05, 4.69) is 54.2 Å². The number of hydrogen-bond donors (Lipinski definition) is 1. The number of rotatable bonds is 10. The highest BCUT2D eigenvalue weighted by Gasteiger charge is 2.23. The predicted molar refractivity (Wildman–Crippen MR) is 144 cm³/mol. The van der Waals surface area contributed by atoms with Crippen LogP contribution in [-0.4, -0.2) is 34.8 Å². The van der Waals surface area contributed by atoms with Crippen LogP contribution in [-0.2, 0) is 17.9 Å². The number of urea groups is 1. The second-order valence-electron chi connectivity index (χ2n) is 8.58. The number of anilines is 1. The maximum atomic E-state index is 13.5. The summed E-state index contributed by atoms with van der Waals surface area (Å²) >= 11 is 5.11. The van der Waals surface area contributed by atoms with E-state index >= 15 is 0 Å². The lowest BCUT2D eigenvalue weighted by atomic mass is 10.1. The Morgan fingerprint density at radius 1 is 0.971 bits per heavy atom. The Kier molecular flexibility index (Phi) is 9.72. The molecule has 3 amide bonds. The average Bonchev–Trinajstić information content (AvgIpc) is 3.24. The molecule has 0 spiro atoms. The largest absolute Gasteiger partial charge is 0.332 e. The van der Waals surface area contributed by atoms with Gasteiger partial charge in [-0.1, -0.05) is 66.5 Å². The minimum Gasteiger partial charge on any atom is -0.332 e. The maximum Gasteiger partial charge on any atom is 0.322 e. The fourth-order valence-electron chi connectivity index (χ4n) is 3.52. The van der Waals surface area contributed by atoms with Gasteiger partial charge in [-0.3, -0.25) is 4.79 Å². The summed E-state index contributed by atoms with van der Waals surface area (Å²) in [5, 5.41) is 2.94. The van der Waals surface area contributed by atoms with Crippen LogP contribution < -0.4 is 5.32 Å². The molecule has 3 aromatic rings. The van der Waals surface area contributed by atoms with Crippen LogP contribution in [0.4, 0.5) is 10.5 Å². The lowest BCUT2D eigenvalue weighted by Crippen LogP contribution is -2.45. The normalized spacial score (nSPS) is 11.6. The molecule has 0 bridgehead atoms. The zero-order chi connectivity index (χ0) is 24.5. The summed E-state index contributed by atoms with van der Waals surface area (Å²) < 4.78 is 0.942. The van der Waals surface area contributed by atoms with Crippen LogP contribution in [0.15, 0.2) is 71.2 Å². The molecule has 34 heavy (non-hydrogen) atoms. The van der Waals surface area contributed by atoms with Crippen molar-refractivity contribution >= 4 is 44.9 Å². The van der Waals surface area contributed by atoms with Gasteiger partial charge < -0.3 is 15.1 Å². The summed E-state index contributed by atoms with van der Waals surface area (Å²) in [7, 11) is 0. The third-order valence-corrected chi connectivity index (χ3v) is 7.16. The Labute approximate surface area is 214 Å². The zero-order valence-corrected chi connectivity index (χ0v) is 22.4. The van der Waals surface area contributed by atoms with E-state index in [9.17, 15) is 9.59 Å². The molecule has 1 heterocycles. The molecule has 0 fully saturated rings. The standard InChI is InChI=1S/C27H32BrN3O2S/c1-4-20(2)16-31(27(33)29-24-13-11-23(28)12-14-24)19-26(32)30(17-22-8-6-5-7-9-22)18-25-15-10-21(3)34-25/h5-15,20H,4,16-19H2,1-3H3,(H,29,33). The quantitative estimate of drug-likeness (QED) is 0.302. The van der Waals surface area contributed by atoms with Gasteiger partial charge in [-0.05, 0) is 54.8 Å². The molecule has 0 saturated carbocycles. The van der Waals surface area contributed by atoms with Crippen LogP contribution in [0.5, 0.6) is 0 Å². The smallest absolute Gasteiger partial charge is 0.322 e. The van der Waals surface area contributed by atoms with Gasteiger partial charge in [0, 0.05) is 33.0 Å². The molecule has 1 N–H and O–H groups in total. The van der Waals surface area contributed by atoms with Crippen molar-refractivity contribution in [3.63, 3.8) is 0 Å². The van der Waals surface area contributed by atoms with Crippen LogP contribution in [0.3, 0.4) is 0 Å². The first-order valence-corrected chi connectivity index (χ1v) is 13.1. The molecule has 0 saturated heterocycles. The molecular weight excluding hydrogens is 510 g/mol. The molecule has 7 heteroatoms. The molecule has 0 aliphatic heterocycles. The van der Waals surface area contributed by atoms with Crippen molar-refractivity contribution in [2.24, 2.45) is 5.92 Å².